The van der Waals surface area contributed by atoms with Crippen LogP contribution in [0.2, 0.25) is 0 Å². The molecule has 0 unspecified atom stereocenters. The average Bonchev–Trinajstić information content (AvgIpc) is 3.48. The molecule has 2 heterocycles. The largest absolute Gasteiger partial charge is 0.497 e. The van der Waals surface area contributed by atoms with Gasteiger partial charge < -0.3 is 15.2 Å². The van der Waals surface area contributed by atoms with Crippen LogP contribution in [0.1, 0.15) is 23.0 Å². The normalized spacial score (nSPS) is 10.5. The Kier molecular flexibility index (Phi) is 6.39. The molecule has 4 aromatic rings. The number of nitrogens with two attached hydrogens (primary N) is 1. The van der Waals surface area contributed by atoms with Gasteiger partial charge in [-0.05, 0) is 59.2 Å². The van der Waals surface area contributed by atoms with Gasteiger partial charge in [-0.2, -0.15) is 4.68 Å². The molecule has 0 radical (unpaired) electrons. The number of nitrogens with zero attached hydrogens (tertiary/aromatic N) is 5. The maximum Gasteiger partial charge on any atom is 0.292 e. The third-order valence-electron chi connectivity index (χ3n) is 4.77. The molecule has 0 aliphatic carbocycles. The summed E-state index contributed by atoms with van der Waals surface area (Å²) in [6.45, 7) is 6.30. The number of benzene rings is 2. The summed E-state index contributed by atoms with van der Waals surface area (Å²) in [5, 5.41) is 15.5. The number of hydrogen-bond acceptors (Lipinski definition) is 10. The zero-order chi connectivity index (χ0) is 24.1. The number of carbonyl (C=O) groups excluding carboxylic acids is 1. The molecule has 0 spiro atoms. The number of nitrogens with one attached hydrogen (secondary N) is 2. The minimum atomic E-state index is -0.562. The van der Waals surface area contributed by atoms with Crippen molar-refractivity contribution in [3.63, 3.8) is 0 Å². The van der Waals surface area contributed by atoms with Gasteiger partial charge in [0, 0.05) is 5.56 Å². The SMILES string of the molecule is C=C(NNC(=O)c1nnn(-c2nonc2N)c1-c1cccc(OCC)c1)c1ccc(OC)cc1. The molecule has 1 amide bonds. The Morgan fingerprint density at radius 3 is 2.62 bits per heavy atom. The molecule has 4 rings (SSSR count). The van der Waals surface area contributed by atoms with Crippen LogP contribution < -0.4 is 26.1 Å². The Bertz CT molecular complexity index is 1310. The van der Waals surface area contributed by atoms with Gasteiger partial charge >= 0.3 is 0 Å². The molecule has 0 fully saturated rings. The van der Waals surface area contributed by atoms with Gasteiger partial charge in [0.1, 0.15) is 17.2 Å². The number of hydrazine groups is 1. The average molecular weight is 462 g/mol. The highest BCUT2D eigenvalue weighted by molar-refractivity contribution is 5.98. The maximum atomic E-state index is 13.1. The van der Waals surface area contributed by atoms with Crippen LogP contribution in [-0.4, -0.2) is 44.9 Å². The number of carbonyl (C=O) groups is 1. The first kappa shape index (κ1) is 22.3. The van der Waals surface area contributed by atoms with E-state index in [0.29, 0.717) is 35.1 Å². The standard InChI is InChI=1S/C22H22N8O4/c1-4-33-17-7-5-6-15(12-17)19-18(25-29-30(19)21-20(23)27-34-28-21)22(31)26-24-13(2)14-8-10-16(32-3)11-9-14/h5-12,24H,2,4H2,1,3H3,(H2,23,27)(H,26,31). The summed E-state index contributed by atoms with van der Waals surface area (Å²) in [5.41, 5.74) is 13.4. The molecule has 174 valence electrons. The summed E-state index contributed by atoms with van der Waals surface area (Å²) >= 11 is 0. The van der Waals surface area contributed by atoms with Crippen molar-refractivity contribution < 1.29 is 18.9 Å². The molecular formula is C22H22N8O4. The van der Waals surface area contributed by atoms with E-state index in [9.17, 15) is 4.79 Å². The fourth-order valence-electron chi connectivity index (χ4n) is 3.14. The fraction of sp³-hybridized carbons (Fsp3) is 0.136. The van der Waals surface area contributed by atoms with Crippen LogP contribution >= 0.6 is 0 Å². The first-order valence-corrected chi connectivity index (χ1v) is 10.2. The van der Waals surface area contributed by atoms with Crippen molar-refractivity contribution in [2.75, 3.05) is 19.5 Å². The lowest BCUT2D eigenvalue weighted by Gasteiger charge is -2.12. The van der Waals surface area contributed by atoms with E-state index in [2.05, 4.69) is 38.1 Å². The highest BCUT2D eigenvalue weighted by Gasteiger charge is 2.25. The molecule has 0 aliphatic heterocycles. The van der Waals surface area contributed by atoms with E-state index in [1.165, 1.54) is 4.68 Å². The lowest BCUT2D eigenvalue weighted by atomic mass is 10.1. The highest BCUT2D eigenvalue weighted by Crippen LogP contribution is 2.29. The summed E-state index contributed by atoms with van der Waals surface area (Å²) in [7, 11) is 1.58. The van der Waals surface area contributed by atoms with Gasteiger partial charge in [0.05, 0.1) is 19.4 Å². The Hall–Kier alpha value is -4.87. The van der Waals surface area contributed by atoms with E-state index in [1.54, 1.807) is 43.5 Å². The number of nitrogen functional groups attached to an aromatic ring is 1. The molecule has 2 aromatic carbocycles. The molecule has 12 heteroatoms. The second-order valence-electron chi connectivity index (χ2n) is 6.92. The van der Waals surface area contributed by atoms with E-state index in [0.717, 1.165) is 5.56 Å². The topological polar surface area (TPSA) is 155 Å². The second-order valence-corrected chi connectivity index (χ2v) is 6.92. The monoisotopic (exact) mass is 462 g/mol. The first-order chi connectivity index (χ1) is 16.5. The van der Waals surface area contributed by atoms with Gasteiger partial charge in [-0.15, -0.1) is 5.10 Å². The quantitative estimate of drug-likeness (QED) is 0.315. The smallest absolute Gasteiger partial charge is 0.292 e. The minimum Gasteiger partial charge on any atom is -0.497 e. The molecule has 2 aromatic heterocycles. The Balaban J connectivity index is 1.64. The van der Waals surface area contributed by atoms with Gasteiger partial charge in [-0.3, -0.25) is 15.6 Å². The third kappa shape index (κ3) is 4.50. The van der Waals surface area contributed by atoms with E-state index in [1.807, 2.05) is 19.1 Å². The van der Waals surface area contributed by atoms with Crippen molar-refractivity contribution in [3.8, 4) is 28.6 Å². The summed E-state index contributed by atoms with van der Waals surface area (Å²) < 4.78 is 16.7. The lowest BCUT2D eigenvalue weighted by molar-refractivity contribution is 0.0938. The molecule has 4 N–H and O–H groups in total. The predicted octanol–water partition coefficient (Wildman–Crippen LogP) is 2.21. The third-order valence-corrected chi connectivity index (χ3v) is 4.77. The van der Waals surface area contributed by atoms with Gasteiger partial charge in [0.25, 0.3) is 5.91 Å². The molecule has 0 atom stereocenters. The lowest BCUT2D eigenvalue weighted by Crippen LogP contribution is -2.36. The molecule has 34 heavy (non-hydrogen) atoms. The highest BCUT2D eigenvalue weighted by atomic mass is 16.6. The van der Waals surface area contributed by atoms with Gasteiger partial charge in [0.2, 0.25) is 11.6 Å². The maximum absolute atomic E-state index is 13.1. The number of hydrogen-bond donors (Lipinski definition) is 3. The Morgan fingerprint density at radius 1 is 1.15 bits per heavy atom. The second kappa shape index (κ2) is 9.73. The summed E-state index contributed by atoms with van der Waals surface area (Å²) in [4.78, 5) is 13.1. The van der Waals surface area contributed by atoms with Crippen LogP contribution in [0.25, 0.3) is 22.8 Å². The van der Waals surface area contributed by atoms with E-state index < -0.39 is 5.91 Å². The van der Waals surface area contributed by atoms with Crippen molar-refractivity contribution in [3.05, 3.63) is 66.4 Å². The van der Waals surface area contributed by atoms with Gasteiger partial charge in [-0.1, -0.05) is 23.9 Å². The predicted molar refractivity (Wildman–Crippen MR) is 123 cm³/mol. The van der Waals surface area contributed by atoms with Crippen LogP contribution in [0.3, 0.4) is 0 Å². The van der Waals surface area contributed by atoms with Gasteiger partial charge in [0.15, 0.2) is 5.69 Å². The fourth-order valence-corrected chi connectivity index (χ4v) is 3.14. The van der Waals surface area contributed by atoms with Crippen LogP contribution in [-0.2, 0) is 0 Å². The van der Waals surface area contributed by atoms with Crippen molar-refractivity contribution in [2.45, 2.75) is 6.92 Å². The van der Waals surface area contributed by atoms with E-state index in [-0.39, 0.29) is 17.3 Å². The van der Waals surface area contributed by atoms with Crippen molar-refractivity contribution >= 4 is 17.4 Å². The number of amides is 1. The molecule has 0 aliphatic rings. The Morgan fingerprint density at radius 2 is 1.94 bits per heavy atom. The molecule has 12 nitrogen and oxygen atoms in total. The van der Waals surface area contributed by atoms with Crippen LogP contribution in [0.4, 0.5) is 5.82 Å². The number of anilines is 1. The van der Waals surface area contributed by atoms with Crippen LogP contribution in [0.15, 0.2) is 59.7 Å². The molecule has 0 saturated carbocycles. The van der Waals surface area contributed by atoms with Crippen LogP contribution in [0, 0.1) is 0 Å². The van der Waals surface area contributed by atoms with Crippen molar-refractivity contribution in [1.82, 2.24) is 36.2 Å². The number of methoxy groups -OCH3 is 1. The van der Waals surface area contributed by atoms with Crippen molar-refractivity contribution in [1.29, 1.82) is 0 Å². The van der Waals surface area contributed by atoms with E-state index in [4.69, 9.17) is 19.8 Å². The van der Waals surface area contributed by atoms with Crippen LogP contribution in [0.5, 0.6) is 11.5 Å². The number of aromatic nitrogens is 5. The van der Waals surface area contributed by atoms with E-state index >= 15 is 0 Å². The molecular weight excluding hydrogens is 440 g/mol. The molecule has 0 bridgehead atoms. The minimum absolute atomic E-state index is 0.00563. The summed E-state index contributed by atoms with van der Waals surface area (Å²) in [6, 6.07) is 14.3. The van der Waals surface area contributed by atoms with Crippen molar-refractivity contribution in [2.24, 2.45) is 0 Å². The summed E-state index contributed by atoms with van der Waals surface area (Å²) in [5.74, 6) is 0.839. The zero-order valence-corrected chi connectivity index (χ0v) is 18.5. The number of rotatable bonds is 9. The number of ether oxygens (including phenoxy) is 2. The Labute approximate surface area is 194 Å². The summed E-state index contributed by atoms with van der Waals surface area (Å²) in [6.07, 6.45) is 0. The first-order valence-electron chi connectivity index (χ1n) is 10.2. The molecule has 0 saturated heterocycles. The van der Waals surface area contributed by atoms with Gasteiger partial charge in [-0.25, -0.2) is 4.63 Å². The zero-order valence-electron chi connectivity index (χ0n) is 18.5.